The second-order valence-electron chi connectivity index (χ2n) is 4.63. The third-order valence-electron chi connectivity index (χ3n) is 2.05. The van der Waals surface area contributed by atoms with Crippen LogP contribution in [0.25, 0.3) is 0 Å². The number of nitrogens with zero attached hydrogens (tertiary/aromatic N) is 1. The van der Waals surface area contributed by atoms with Crippen molar-refractivity contribution in [3.63, 3.8) is 0 Å². The zero-order valence-electron chi connectivity index (χ0n) is 10.1. The predicted octanol–water partition coefficient (Wildman–Crippen LogP) is 1.80. The summed E-state index contributed by atoms with van der Waals surface area (Å²) in [7, 11) is 0. The fraction of sp³-hybridized carbons (Fsp3) is 0.364. The lowest BCUT2D eigenvalue weighted by molar-refractivity contribution is -0.384. The highest BCUT2D eigenvalue weighted by Crippen LogP contribution is 2.25. The second kappa shape index (κ2) is 5.09. The van der Waals surface area contributed by atoms with Crippen LogP contribution in [0.2, 0.25) is 0 Å². The van der Waals surface area contributed by atoms with E-state index in [0.29, 0.717) is 0 Å². The van der Waals surface area contributed by atoms with Crippen molar-refractivity contribution in [2.24, 2.45) is 5.73 Å². The Bertz CT molecular complexity index is 483. The summed E-state index contributed by atoms with van der Waals surface area (Å²) < 4.78 is 12.9. The molecule has 0 aliphatic rings. The number of hydrogen-bond acceptors (Lipinski definition) is 4. The van der Waals surface area contributed by atoms with Crippen molar-refractivity contribution in [3.05, 3.63) is 34.1 Å². The first-order chi connectivity index (χ1) is 8.19. The van der Waals surface area contributed by atoms with Crippen LogP contribution in [0.15, 0.2) is 18.2 Å². The fourth-order valence-electron chi connectivity index (χ4n) is 1.37. The van der Waals surface area contributed by atoms with E-state index in [1.54, 1.807) is 13.8 Å². The number of carbonyl (C=O) groups excluding carboxylic acids is 1. The van der Waals surface area contributed by atoms with E-state index in [1.165, 1.54) is 0 Å². The van der Waals surface area contributed by atoms with E-state index in [0.717, 1.165) is 18.2 Å². The molecular weight excluding hydrogens is 241 g/mol. The van der Waals surface area contributed by atoms with E-state index >= 15 is 0 Å². The van der Waals surface area contributed by atoms with Crippen molar-refractivity contribution >= 4 is 17.3 Å². The van der Waals surface area contributed by atoms with E-state index in [1.807, 2.05) is 0 Å². The molecule has 0 aliphatic carbocycles. The van der Waals surface area contributed by atoms with Gasteiger partial charge < -0.3 is 11.1 Å². The Morgan fingerprint density at radius 2 is 2.17 bits per heavy atom. The van der Waals surface area contributed by atoms with E-state index in [4.69, 9.17) is 5.73 Å². The lowest BCUT2D eigenvalue weighted by Crippen LogP contribution is -2.36. The molecule has 0 saturated heterocycles. The molecule has 1 amide bonds. The molecular formula is C11H14FN3O3. The molecule has 18 heavy (non-hydrogen) atoms. The Hall–Kier alpha value is -2.02. The Kier molecular flexibility index (Phi) is 3.97. The van der Waals surface area contributed by atoms with Crippen molar-refractivity contribution in [1.29, 1.82) is 0 Å². The molecule has 7 heteroatoms. The Labute approximate surface area is 103 Å². The average Bonchev–Trinajstić information content (AvgIpc) is 2.17. The fourth-order valence-corrected chi connectivity index (χ4v) is 1.37. The monoisotopic (exact) mass is 255 g/mol. The number of amides is 1. The van der Waals surface area contributed by atoms with Gasteiger partial charge in [0, 0.05) is 12.0 Å². The molecule has 0 atom stereocenters. The Balaban J connectivity index is 2.91. The minimum Gasteiger partial charge on any atom is -0.325 e. The third-order valence-corrected chi connectivity index (χ3v) is 2.05. The summed E-state index contributed by atoms with van der Waals surface area (Å²) in [5.41, 5.74) is 4.40. The van der Waals surface area contributed by atoms with Crippen molar-refractivity contribution in [3.8, 4) is 0 Å². The summed E-state index contributed by atoms with van der Waals surface area (Å²) >= 11 is 0. The molecule has 0 spiro atoms. The molecule has 0 fully saturated rings. The van der Waals surface area contributed by atoms with Crippen LogP contribution in [0, 0.1) is 15.9 Å². The Morgan fingerprint density at radius 3 is 2.67 bits per heavy atom. The molecule has 3 N–H and O–H groups in total. The van der Waals surface area contributed by atoms with Gasteiger partial charge in [-0.25, -0.2) is 4.39 Å². The van der Waals surface area contributed by atoms with Crippen LogP contribution in [0.1, 0.15) is 20.3 Å². The van der Waals surface area contributed by atoms with Crippen LogP contribution >= 0.6 is 0 Å². The molecule has 1 aromatic carbocycles. The molecule has 0 radical (unpaired) electrons. The highest BCUT2D eigenvalue weighted by atomic mass is 19.1. The topological polar surface area (TPSA) is 98.3 Å². The van der Waals surface area contributed by atoms with E-state index < -0.39 is 27.9 Å². The summed E-state index contributed by atoms with van der Waals surface area (Å²) in [4.78, 5) is 21.5. The summed E-state index contributed by atoms with van der Waals surface area (Å²) in [6, 6.07) is 2.94. The summed E-state index contributed by atoms with van der Waals surface area (Å²) in [5, 5.41) is 13.1. The second-order valence-corrected chi connectivity index (χ2v) is 4.63. The van der Waals surface area contributed by atoms with Gasteiger partial charge in [-0.05, 0) is 26.0 Å². The van der Waals surface area contributed by atoms with Crippen LogP contribution in [0.3, 0.4) is 0 Å². The van der Waals surface area contributed by atoms with E-state index in [2.05, 4.69) is 5.32 Å². The van der Waals surface area contributed by atoms with Gasteiger partial charge in [0.05, 0.1) is 11.0 Å². The van der Waals surface area contributed by atoms with Crippen LogP contribution in [0.5, 0.6) is 0 Å². The molecule has 1 rings (SSSR count). The highest BCUT2D eigenvalue weighted by Gasteiger charge is 2.20. The summed E-state index contributed by atoms with van der Waals surface area (Å²) in [6.07, 6.45) is 0.00152. The van der Waals surface area contributed by atoms with E-state index in [9.17, 15) is 19.3 Å². The van der Waals surface area contributed by atoms with Gasteiger partial charge in [0.15, 0.2) is 0 Å². The maximum atomic E-state index is 12.9. The minimum absolute atomic E-state index is 0.00152. The van der Waals surface area contributed by atoms with Gasteiger partial charge in [-0.2, -0.15) is 0 Å². The molecule has 0 saturated carbocycles. The number of nitrogens with one attached hydrogen (secondary N) is 1. The molecule has 0 unspecified atom stereocenters. The van der Waals surface area contributed by atoms with Crippen LogP contribution in [-0.4, -0.2) is 16.4 Å². The van der Waals surface area contributed by atoms with Gasteiger partial charge in [-0.3, -0.25) is 14.9 Å². The van der Waals surface area contributed by atoms with Crippen LogP contribution in [-0.2, 0) is 4.79 Å². The quantitative estimate of drug-likeness (QED) is 0.633. The van der Waals surface area contributed by atoms with E-state index in [-0.39, 0.29) is 12.1 Å². The van der Waals surface area contributed by atoms with Crippen molar-refractivity contribution in [2.75, 3.05) is 5.32 Å². The minimum atomic E-state index is -0.758. The van der Waals surface area contributed by atoms with Gasteiger partial charge in [0.2, 0.25) is 5.91 Å². The molecule has 0 aromatic heterocycles. The van der Waals surface area contributed by atoms with Crippen molar-refractivity contribution in [2.45, 2.75) is 25.8 Å². The van der Waals surface area contributed by atoms with Gasteiger partial charge >= 0.3 is 0 Å². The van der Waals surface area contributed by atoms with Gasteiger partial charge in [-0.15, -0.1) is 0 Å². The number of benzene rings is 1. The molecule has 0 aliphatic heterocycles. The third kappa shape index (κ3) is 4.10. The first-order valence-electron chi connectivity index (χ1n) is 5.22. The number of rotatable bonds is 4. The number of nitro groups is 1. The summed E-state index contributed by atoms with van der Waals surface area (Å²) in [5.74, 6) is -1.20. The number of halogens is 1. The van der Waals surface area contributed by atoms with Crippen molar-refractivity contribution < 1.29 is 14.1 Å². The largest absolute Gasteiger partial charge is 0.325 e. The normalized spacial score (nSPS) is 11.1. The number of nitro benzene ring substituents is 1. The van der Waals surface area contributed by atoms with Gasteiger partial charge in [0.25, 0.3) is 5.69 Å². The first-order valence-corrected chi connectivity index (χ1v) is 5.22. The number of anilines is 1. The van der Waals surface area contributed by atoms with Crippen LogP contribution in [0.4, 0.5) is 15.8 Å². The molecule has 98 valence electrons. The Morgan fingerprint density at radius 1 is 1.56 bits per heavy atom. The van der Waals surface area contributed by atoms with Gasteiger partial charge in [-0.1, -0.05) is 0 Å². The SMILES string of the molecule is CC(C)(N)CC(=O)Nc1ccc(F)cc1[N+](=O)[O-]. The maximum Gasteiger partial charge on any atom is 0.295 e. The highest BCUT2D eigenvalue weighted by molar-refractivity contribution is 5.93. The smallest absolute Gasteiger partial charge is 0.295 e. The maximum absolute atomic E-state index is 12.9. The van der Waals surface area contributed by atoms with Crippen LogP contribution < -0.4 is 11.1 Å². The van der Waals surface area contributed by atoms with Gasteiger partial charge in [0.1, 0.15) is 11.5 Å². The zero-order valence-corrected chi connectivity index (χ0v) is 10.1. The number of nitrogens with two attached hydrogens (primary N) is 1. The lowest BCUT2D eigenvalue weighted by atomic mass is 10.0. The zero-order chi connectivity index (χ0) is 13.9. The standard InChI is InChI=1S/C11H14FN3O3/c1-11(2,13)6-10(16)14-8-4-3-7(12)5-9(8)15(17)18/h3-5H,6,13H2,1-2H3,(H,14,16). The number of carbonyl (C=O) groups is 1. The molecule has 0 heterocycles. The molecule has 0 bridgehead atoms. The first kappa shape index (κ1) is 14.0. The predicted molar refractivity (Wildman–Crippen MR) is 64.6 cm³/mol. The molecule has 1 aromatic rings. The summed E-state index contributed by atoms with van der Waals surface area (Å²) in [6.45, 7) is 3.32. The average molecular weight is 255 g/mol. The lowest BCUT2D eigenvalue weighted by Gasteiger charge is -2.17. The number of hydrogen-bond donors (Lipinski definition) is 2. The van der Waals surface area contributed by atoms with Crippen molar-refractivity contribution in [1.82, 2.24) is 0 Å². The molecule has 6 nitrogen and oxygen atoms in total.